The van der Waals surface area contributed by atoms with E-state index >= 15 is 8.78 Å². The van der Waals surface area contributed by atoms with E-state index < -0.39 is 63.3 Å². The van der Waals surface area contributed by atoms with Gasteiger partial charge in [-0.05, 0) is 12.9 Å². The topological polar surface area (TPSA) is 221 Å². The van der Waals surface area contributed by atoms with Crippen molar-refractivity contribution in [2.24, 2.45) is 5.92 Å². The SMILES string of the molecule is COC(OPOC[C@H]1[C@H](F)[C@H](n2nnc3c(=O)[nH]cnc32)O[C@@H]1COP)[C@@H](F)[C@@H](OS)n1cnc2c(=O)[nH]c(N)nc21. The van der Waals surface area contributed by atoms with E-state index in [1.54, 1.807) is 0 Å². The Kier molecular flexibility index (Phi) is 9.70. The Morgan fingerprint density at radius 2 is 2.07 bits per heavy atom. The van der Waals surface area contributed by atoms with Crippen LogP contribution in [-0.4, -0.2) is 89.5 Å². The Morgan fingerprint density at radius 1 is 1.26 bits per heavy atom. The Bertz CT molecular complexity index is 1640. The fourth-order valence-electron chi connectivity index (χ4n) is 4.35. The Hall–Kier alpha value is -2.74. The summed E-state index contributed by atoms with van der Waals surface area (Å²) in [5, 5.41) is 7.59. The number of imidazole rings is 1. The van der Waals surface area contributed by atoms with Crippen molar-refractivity contribution in [3.05, 3.63) is 33.4 Å². The van der Waals surface area contributed by atoms with Crippen molar-refractivity contribution in [1.29, 1.82) is 0 Å². The van der Waals surface area contributed by atoms with Gasteiger partial charge in [-0.15, -0.1) is 5.10 Å². The monoisotopic (exact) mass is 652 g/mol. The highest BCUT2D eigenvalue weighted by atomic mass is 32.1. The van der Waals surface area contributed by atoms with Crippen molar-refractivity contribution in [3.63, 3.8) is 0 Å². The van der Waals surface area contributed by atoms with Crippen LogP contribution in [0, 0.1) is 5.92 Å². The van der Waals surface area contributed by atoms with Crippen molar-refractivity contribution < 1.29 is 36.0 Å². The van der Waals surface area contributed by atoms with E-state index in [1.165, 1.54) is 7.11 Å². The molecule has 4 aromatic rings. The lowest BCUT2D eigenvalue weighted by molar-refractivity contribution is -0.136. The molecule has 0 saturated carbocycles. The fraction of sp³-hybridized carbons (Fsp3) is 0.526. The van der Waals surface area contributed by atoms with Gasteiger partial charge in [-0.25, -0.2) is 18.7 Å². The van der Waals surface area contributed by atoms with Gasteiger partial charge in [-0.2, -0.15) is 9.67 Å². The number of rotatable bonds is 13. The molecular weight excluding hydrogens is 628 g/mol. The molecule has 23 heteroatoms. The third kappa shape index (κ3) is 5.88. The number of hydrogen-bond donors (Lipinski definition) is 4. The van der Waals surface area contributed by atoms with Gasteiger partial charge in [0.1, 0.15) is 0 Å². The van der Waals surface area contributed by atoms with Crippen LogP contribution in [0.2, 0.25) is 0 Å². The zero-order valence-corrected chi connectivity index (χ0v) is 24.4. The van der Waals surface area contributed by atoms with Crippen LogP contribution < -0.4 is 16.9 Å². The fourth-order valence-corrected chi connectivity index (χ4v) is 5.41. The molecule has 0 aliphatic carbocycles. The molecule has 0 amide bonds. The molecule has 9 atom stereocenters. The molecule has 0 spiro atoms. The predicted octanol–water partition coefficient (Wildman–Crippen LogP) is 0.101. The van der Waals surface area contributed by atoms with Gasteiger partial charge >= 0.3 is 0 Å². The molecule has 3 unspecified atom stereocenters. The lowest BCUT2D eigenvalue weighted by Crippen LogP contribution is -2.34. The first kappa shape index (κ1) is 30.7. The minimum Gasteiger partial charge on any atom is -0.369 e. The van der Waals surface area contributed by atoms with Crippen molar-refractivity contribution in [3.8, 4) is 0 Å². The van der Waals surface area contributed by atoms with E-state index in [0.717, 1.165) is 21.9 Å². The first-order valence-electron chi connectivity index (χ1n) is 11.9. The molecule has 0 radical (unpaired) electrons. The smallest absolute Gasteiger partial charge is 0.280 e. The summed E-state index contributed by atoms with van der Waals surface area (Å²) < 4.78 is 65.3. The van der Waals surface area contributed by atoms with E-state index in [4.69, 9.17) is 33.0 Å². The van der Waals surface area contributed by atoms with E-state index in [2.05, 4.69) is 57.6 Å². The second kappa shape index (κ2) is 13.3. The number of nitrogens with one attached hydrogen (secondary N) is 2. The minimum atomic E-state index is -2.04. The third-order valence-corrected chi connectivity index (χ3v) is 7.36. The van der Waals surface area contributed by atoms with Crippen molar-refractivity contribution in [2.75, 3.05) is 26.1 Å². The van der Waals surface area contributed by atoms with Gasteiger partial charge in [0, 0.05) is 22.5 Å². The van der Waals surface area contributed by atoms with Crippen LogP contribution in [0.3, 0.4) is 0 Å². The summed E-state index contributed by atoms with van der Waals surface area (Å²) in [5.41, 5.74) is 4.23. The number of H-pyrrole nitrogens is 2. The van der Waals surface area contributed by atoms with Gasteiger partial charge in [-0.1, -0.05) is 5.21 Å². The van der Waals surface area contributed by atoms with Gasteiger partial charge < -0.3 is 33.8 Å². The molecule has 1 fully saturated rings. The van der Waals surface area contributed by atoms with Gasteiger partial charge in [0.15, 0.2) is 62.5 Å². The highest BCUT2D eigenvalue weighted by Crippen LogP contribution is 2.39. The molecule has 0 bridgehead atoms. The maximum Gasteiger partial charge on any atom is 0.280 e. The Balaban J connectivity index is 1.23. The highest BCUT2D eigenvalue weighted by molar-refractivity contribution is 7.75. The van der Waals surface area contributed by atoms with Crippen LogP contribution in [0.15, 0.2) is 22.2 Å². The number of fused-ring (bicyclic) bond motifs is 2. The van der Waals surface area contributed by atoms with E-state index in [-0.39, 0.29) is 41.5 Å². The molecule has 18 nitrogen and oxygen atoms in total. The van der Waals surface area contributed by atoms with Gasteiger partial charge in [0.25, 0.3) is 11.1 Å². The number of aromatic nitrogens is 9. The summed E-state index contributed by atoms with van der Waals surface area (Å²) in [7, 11) is 2.42. The molecule has 4 aromatic heterocycles. The molecule has 228 valence electrons. The molecule has 4 N–H and O–H groups in total. The largest absolute Gasteiger partial charge is 0.369 e. The predicted molar refractivity (Wildman–Crippen MR) is 147 cm³/mol. The number of aromatic amines is 2. The van der Waals surface area contributed by atoms with Crippen LogP contribution in [0.25, 0.3) is 22.3 Å². The molecule has 5 rings (SSSR count). The number of anilines is 1. The lowest BCUT2D eigenvalue weighted by Gasteiger charge is -2.26. The summed E-state index contributed by atoms with van der Waals surface area (Å²) >= 11 is 3.74. The van der Waals surface area contributed by atoms with Gasteiger partial charge in [0.05, 0.1) is 32.0 Å². The average molecular weight is 652 g/mol. The van der Waals surface area contributed by atoms with Crippen LogP contribution in [-0.2, 0) is 27.2 Å². The molecule has 42 heavy (non-hydrogen) atoms. The van der Waals surface area contributed by atoms with E-state index in [0.29, 0.717) is 0 Å². The number of nitrogens with two attached hydrogens (primary N) is 1. The van der Waals surface area contributed by atoms with Crippen molar-refractivity contribution >= 4 is 59.7 Å². The second-order valence-corrected chi connectivity index (χ2v) is 10.0. The molecule has 0 aromatic carbocycles. The minimum absolute atomic E-state index is 0.0192. The number of thiol groups is 1. The van der Waals surface area contributed by atoms with Crippen molar-refractivity contribution in [2.45, 2.75) is 37.2 Å². The Morgan fingerprint density at radius 3 is 2.81 bits per heavy atom. The number of ether oxygens (including phenoxy) is 2. The average Bonchev–Trinajstić information content (AvgIpc) is 3.66. The Labute approximate surface area is 242 Å². The van der Waals surface area contributed by atoms with Crippen LogP contribution in [0.5, 0.6) is 0 Å². The first-order valence-corrected chi connectivity index (χ1v) is 13.6. The van der Waals surface area contributed by atoms with Crippen LogP contribution in [0.4, 0.5) is 14.7 Å². The number of halogens is 2. The zero-order valence-electron chi connectivity index (χ0n) is 21.4. The first-order chi connectivity index (χ1) is 20.3. The number of hydrogen-bond acceptors (Lipinski definition) is 15. The second-order valence-electron chi connectivity index (χ2n) is 8.78. The normalized spacial score (nSPS) is 23.4. The maximum absolute atomic E-state index is 15.6. The molecular formula is C19H24F2N10O8P2S. The standard InChI is InChI=1S/C19H24F2N10O8P2S/c1-34-18(9(21)16(39-42)30-5-25-10-13(30)26-19(22)27-15(10)33)38-41-36-2-6-7(3-35-40)37-17(8(6)20)31-12-11(28-29-31)14(32)24-4-23-12/h4-9,16-18,41-42H,2-3,40H2,1H3,(H,23,24,32)(H3,22,26,27,33)/t6-,7-,8+,9+,16-,17-,18?/m1/s1. The summed E-state index contributed by atoms with van der Waals surface area (Å²) in [6, 6.07) is 0. The molecule has 1 saturated heterocycles. The third-order valence-electron chi connectivity index (χ3n) is 6.34. The molecule has 1 aliphatic rings. The number of methoxy groups -OCH3 is 1. The number of nitrogen functional groups attached to an aromatic ring is 1. The van der Waals surface area contributed by atoms with E-state index in [9.17, 15) is 9.59 Å². The summed E-state index contributed by atoms with van der Waals surface area (Å²) in [4.78, 5) is 40.6. The van der Waals surface area contributed by atoms with E-state index in [1.807, 2.05) is 0 Å². The lowest BCUT2D eigenvalue weighted by atomic mass is 10.0. The summed E-state index contributed by atoms with van der Waals surface area (Å²) in [6.07, 6.45) is -6.58. The number of nitrogens with zero attached hydrogens (tertiary/aromatic N) is 7. The maximum atomic E-state index is 15.6. The quantitative estimate of drug-likeness (QED) is 0.0495. The number of alkyl halides is 2. The highest BCUT2D eigenvalue weighted by Gasteiger charge is 2.47. The molecule has 1 aliphatic heterocycles. The van der Waals surface area contributed by atoms with Crippen LogP contribution in [0.1, 0.15) is 12.5 Å². The van der Waals surface area contributed by atoms with Gasteiger partial charge in [-0.3, -0.25) is 23.3 Å². The summed E-state index contributed by atoms with van der Waals surface area (Å²) in [5.74, 6) is -1.09. The summed E-state index contributed by atoms with van der Waals surface area (Å²) in [6.45, 7) is -0.248. The van der Waals surface area contributed by atoms with Crippen LogP contribution >= 0.6 is 31.4 Å². The zero-order chi connectivity index (χ0) is 30.0. The van der Waals surface area contributed by atoms with Crippen molar-refractivity contribution in [1.82, 2.24) is 44.5 Å². The molecule has 5 heterocycles. The van der Waals surface area contributed by atoms with Gasteiger partial charge in [0.2, 0.25) is 5.95 Å².